The lowest BCUT2D eigenvalue weighted by molar-refractivity contribution is -0.924. The van der Waals surface area contributed by atoms with Crippen LogP contribution in [0.25, 0.3) is 0 Å². The first-order valence-electron chi connectivity index (χ1n) is 7.36. The molecule has 1 N–H and O–H groups in total. The van der Waals surface area contributed by atoms with Crippen molar-refractivity contribution in [2.75, 3.05) is 11.4 Å². The topological polar surface area (TPSA) is 50.5 Å². The summed E-state index contributed by atoms with van der Waals surface area (Å²) in [5.74, 6) is 0.924. The van der Waals surface area contributed by atoms with E-state index in [0.717, 1.165) is 30.8 Å². The SMILES string of the molecule is O=C1[C@@H]2CCC[NH+]2[C@@H](c2cccnc2)N1c1ccccn1. The third-order valence-corrected chi connectivity index (χ3v) is 4.45. The van der Waals surface area contributed by atoms with E-state index in [1.807, 2.05) is 35.4 Å². The maximum atomic E-state index is 12.8. The van der Waals surface area contributed by atoms with Crippen LogP contribution in [0.3, 0.4) is 0 Å². The van der Waals surface area contributed by atoms with Gasteiger partial charge in [0.1, 0.15) is 5.82 Å². The minimum absolute atomic E-state index is 0.00593. The summed E-state index contributed by atoms with van der Waals surface area (Å²) >= 11 is 0. The Hall–Kier alpha value is -2.27. The highest BCUT2D eigenvalue weighted by atomic mass is 16.2. The molecule has 3 atom stereocenters. The number of hydrogen-bond acceptors (Lipinski definition) is 3. The molecule has 0 bridgehead atoms. The fraction of sp³-hybridized carbons (Fsp3) is 0.312. The Morgan fingerprint density at radius 1 is 1.19 bits per heavy atom. The summed E-state index contributed by atoms with van der Waals surface area (Å²) in [7, 11) is 0. The van der Waals surface area contributed by atoms with Gasteiger partial charge in [-0.2, -0.15) is 0 Å². The van der Waals surface area contributed by atoms with E-state index in [0.29, 0.717) is 0 Å². The molecule has 2 fully saturated rings. The predicted molar refractivity (Wildman–Crippen MR) is 77.6 cm³/mol. The average Bonchev–Trinajstić information content (AvgIpc) is 3.11. The van der Waals surface area contributed by atoms with Crippen molar-refractivity contribution >= 4 is 11.7 Å². The van der Waals surface area contributed by atoms with Crippen LogP contribution in [0.4, 0.5) is 5.82 Å². The van der Waals surface area contributed by atoms with E-state index in [1.165, 1.54) is 4.90 Å². The van der Waals surface area contributed by atoms with Gasteiger partial charge < -0.3 is 4.90 Å². The van der Waals surface area contributed by atoms with Gasteiger partial charge in [-0.15, -0.1) is 0 Å². The lowest BCUT2D eigenvalue weighted by Crippen LogP contribution is -3.12. The van der Waals surface area contributed by atoms with Crippen LogP contribution in [-0.2, 0) is 4.79 Å². The van der Waals surface area contributed by atoms with Gasteiger partial charge in [-0.1, -0.05) is 6.07 Å². The van der Waals surface area contributed by atoms with Gasteiger partial charge in [-0.05, 0) is 24.3 Å². The van der Waals surface area contributed by atoms with Crippen molar-refractivity contribution in [3.63, 3.8) is 0 Å². The molecule has 2 aromatic rings. The van der Waals surface area contributed by atoms with Crippen LogP contribution in [-0.4, -0.2) is 28.5 Å². The number of carbonyl (C=O) groups excluding carboxylic acids is 1. The van der Waals surface area contributed by atoms with E-state index in [1.54, 1.807) is 12.4 Å². The molecule has 1 amide bonds. The molecule has 4 heterocycles. The van der Waals surface area contributed by atoms with Gasteiger partial charge in [0, 0.05) is 31.4 Å². The minimum Gasteiger partial charge on any atom is -0.301 e. The molecular formula is C16H17N4O+. The largest absolute Gasteiger partial charge is 0.301 e. The molecule has 2 aliphatic heterocycles. The van der Waals surface area contributed by atoms with Crippen LogP contribution in [0.15, 0.2) is 48.9 Å². The average molecular weight is 281 g/mol. The van der Waals surface area contributed by atoms with Crippen LogP contribution in [0.1, 0.15) is 24.6 Å². The van der Waals surface area contributed by atoms with Crippen molar-refractivity contribution in [1.29, 1.82) is 0 Å². The summed E-state index contributed by atoms with van der Waals surface area (Å²) < 4.78 is 0. The third-order valence-electron chi connectivity index (χ3n) is 4.45. The first kappa shape index (κ1) is 12.5. The Kier molecular flexibility index (Phi) is 2.93. The van der Waals surface area contributed by atoms with E-state index in [-0.39, 0.29) is 18.1 Å². The summed E-state index contributed by atoms with van der Waals surface area (Å²) in [4.78, 5) is 24.6. The van der Waals surface area contributed by atoms with Gasteiger partial charge in [0.25, 0.3) is 5.91 Å². The molecule has 2 saturated heterocycles. The van der Waals surface area contributed by atoms with Crippen molar-refractivity contribution < 1.29 is 9.69 Å². The summed E-state index contributed by atoms with van der Waals surface area (Å²) in [6, 6.07) is 9.75. The fourth-order valence-electron chi connectivity index (χ4n) is 3.58. The van der Waals surface area contributed by atoms with Crippen molar-refractivity contribution in [2.24, 2.45) is 0 Å². The highest BCUT2D eigenvalue weighted by Gasteiger charge is 2.54. The Bertz CT molecular complexity index is 646. The van der Waals surface area contributed by atoms with Crippen LogP contribution in [0.5, 0.6) is 0 Å². The lowest BCUT2D eigenvalue weighted by Gasteiger charge is -2.25. The number of aromatic nitrogens is 2. The number of hydrogen-bond donors (Lipinski definition) is 1. The van der Waals surface area contributed by atoms with E-state index in [9.17, 15) is 4.79 Å². The summed E-state index contributed by atoms with van der Waals surface area (Å²) in [6.07, 6.45) is 7.44. The number of amides is 1. The molecule has 0 spiro atoms. The second kappa shape index (κ2) is 4.93. The Labute approximate surface area is 123 Å². The van der Waals surface area contributed by atoms with Crippen molar-refractivity contribution in [3.8, 4) is 0 Å². The molecule has 0 aromatic carbocycles. The van der Waals surface area contributed by atoms with Crippen LogP contribution >= 0.6 is 0 Å². The zero-order valence-electron chi connectivity index (χ0n) is 11.6. The van der Waals surface area contributed by atoms with Crippen LogP contribution in [0, 0.1) is 0 Å². The number of nitrogens with zero attached hydrogens (tertiary/aromatic N) is 3. The van der Waals surface area contributed by atoms with Crippen LogP contribution < -0.4 is 9.80 Å². The molecular weight excluding hydrogens is 264 g/mol. The number of fused-ring (bicyclic) bond motifs is 1. The number of pyridine rings is 2. The molecule has 2 aromatic heterocycles. The van der Waals surface area contributed by atoms with E-state index < -0.39 is 0 Å². The molecule has 0 saturated carbocycles. The van der Waals surface area contributed by atoms with Gasteiger partial charge in [0.2, 0.25) is 0 Å². The van der Waals surface area contributed by atoms with Gasteiger partial charge in [0.15, 0.2) is 12.2 Å². The number of carbonyl (C=O) groups is 1. The molecule has 4 rings (SSSR count). The lowest BCUT2D eigenvalue weighted by atomic mass is 10.2. The molecule has 106 valence electrons. The highest BCUT2D eigenvalue weighted by molar-refractivity contribution is 5.97. The Morgan fingerprint density at radius 3 is 2.90 bits per heavy atom. The first-order chi connectivity index (χ1) is 10.4. The second-order valence-electron chi connectivity index (χ2n) is 5.60. The number of rotatable bonds is 2. The maximum Gasteiger partial charge on any atom is 0.291 e. The first-order valence-corrected chi connectivity index (χ1v) is 7.36. The molecule has 5 heteroatoms. The summed E-state index contributed by atoms with van der Waals surface area (Å²) in [5, 5.41) is 0. The van der Waals surface area contributed by atoms with E-state index in [4.69, 9.17) is 0 Å². The van der Waals surface area contributed by atoms with Gasteiger partial charge in [-0.25, -0.2) is 9.88 Å². The number of anilines is 1. The minimum atomic E-state index is -0.00593. The Balaban J connectivity index is 1.81. The second-order valence-corrected chi connectivity index (χ2v) is 5.60. The normalized spacial score (nSPS) is 27.9. The third kappa shape index (κ3) is 1.93. The monoisotopic (exact) mass is 281 g/mol. The fourth-order valence-corrected chi connectivity index (χ4v) is 3.58. The van der Waals surface area contributed by atoms with Gasteiger partial charge in [0.05, 0.1) is 12.1 Å². The molecule has 1 unspecified atom stereocenters. The van der Waals surface area contributed by atoms with Crippen LogP contribution in [0.2, 0.25) is 0 Å². The molecule has 21 heavy (non-hydrogen) atoms. The Morgan fingerprint density at radius 2 is 2.14 bits per heavy atom. The van der Waals surface area contributed by atoms with E-state index in [2.05, 4.69) is 16.0 Å². The van der Waals surface area contributed by atoms with E-state index >= 15 is 0 Å². The van der Waals surface area contributed by atoms with Gasteiger partial charge >= 0.3 is 0 Å². The van der Waals surface area contributed by atoms with Crippen molar-refractivity contribution in [2.45, 2.75) is 25.0 Å². The molecule has 0 aliphatic carbocycles. The smallest absolute Gasteiger partial charge is 0.291 e. The molecule has 5 nitrogen and oxygen atoms in total. The van der Waals surface area contributed by atoms with Crippen molar-refractivity contribution in [3.05, 3.63) is 54.5 Å². The standard InChI is InChI=1S/C16H16N4O/c21-16-13-6-4-10-19(13)15(12-5-3-8-17-11-12)20(16)14-7-1-2-9-18-14/h1-3,5,7-9,11,13,15H,4,6,10H2/p+1/t13-,15+/m0/s1. The van der Waals surface area contributed by atoms with Crippen molar-refractivity contribution in [1.82, 2.24) is 9.97 Å². The molecule has 2 aliphatic rings. The zero-order valence-corrected chi connectivity index (χ0v) is 11.6. The quantitative estimate of drug-likeness (QED) is 0.875. The summed E-state index contributed by atoms with van der Waals surface area (Å²) in [5.41, 5.74) is 1.08. The zero-order chi connectivity index (χ0) is 14.2. The number of quaternary nitrogens is 1. The number of nitrogens with one attached hydrogen (secondary N) is 1. The maximum absolute atomic E-state index is 12.8. The summed E-state index contributed by atoms with van der Waals surface area (Å²) in [6.45, 7) is 1.03. The van der Waals surface area contributed by atoms with Gasteiger partial charge in [-0.3, -0.25) is 9.78 Å². The molecule has 0 radical (unpaired) electrons. The predicted octanol–water partition coefficient (Wildman–Crippen LogP) is 0.569. The highest BCUT2D eigenvalue weighted by Crippen LogP contribution is 2.28.